The lowest BCUT2D eigenvalue weighted by Gasteiger charge is -2.15. The molecule has 5 rings (SSSR count). The molecule has 9 heteroatoms. The molecule has 0 atom stereocenters. The number of hydrogen-bond acceptors (Lipinski definition) is 6. The van der Waals surface area contributed by atoms with Crippen molar-refractivity contribution in [3.63, 3.8) is 0 Å². The van der Waals surface area contributed by atoms with E-state index in [1.807, 2.05) is 30.3 Å². The van der Waals surface area contributed by atoms with Crippen molar-refractivity contribution in [1.82, 2.24) is 9.55 Å². The molecule has 2 aromatic heterocycles. The van der Waals surface area contributed by atoms with Crippen LogP contribution in [0.4, 0.5) is 11.4 Å². The molecule has 0 aliphatic rings. The van der Waals surface area contributed by atoms with Crippen LogP contribution in [0.2, 0.25) is 0 Å². The number of ether oxygens (including phenoxy) is 1. The Bertz CT molecular complexity index is 1760. The second-order valence-corrected chi connectivity index (χ2v) is 9.93. The lowest BCUT2D eigenvalue weighted by Crippen LogP contribution is -2.18. The van der Waals surface area contributed by atoms with Gasteiger partial charge in [-0.1, -0.05) is 18.2 Å². The van der Waals surface area contributed by atoms with Gasteiger partial charge in [-0.15, -0.1) is 0 Å². The number of hydrogen-bond donors (Lipinski definition) is 2. The quantitative estimate of drug-likeness (QED) is 0.285. The molecule has 0 aliphatic heterocycles. The molecule has 176 valence electrons. The summed E-state index contributed by atoms with van der Waals surface area (Å²) in [5.74, 6) is 0.532. The third-order valence-electron chi connectivity index (χ3n) is 5.71. The number of nitrogens with two attached hydrogens (primary N) is 1. The predicted molar refractivity (Wildman–Crippen MR) is 140 cm³/mol. The van der Waals surface area contributed by atoms with Gasteiger partial charge in [0.2, 0.25) is 10.0 Å². The number of nitrogen functional groups attached to an aromatic ring is 1. The highest BCUT2D eigenvalue weighted by Crippen LogP contribution is 2.31. The van der Waals surface area contributed by atoms with Crippen molar-refractivity contribution in [3.05, 3.63) is 89.3 Å². The van der Waals surface area contributed by atoms with E-state index >= 15 is 0 Å². The monoisotopic (exact) mass is 486 g/mol. The van der Waals surface area contributed by atoms with Crippen LogP contribution in [0.3, 0.4) is 0 Å². The van der Waals surface area contributed by atoms with Crippen LogP contribution in [0.25, 0.3) is 38.6 Å². The Morgan fingerprint density at radius 1 is 0.943 bits per heavy atom. The molecule has 0 radical (unpaired) electrons. The fraction of sp³-hybridized carbons (Fsp3) is 0.0769. The molecular weight excluding hydrogens is 464 g/mol. The van der Waals surface area contributed by atoms with Crippen LogP contribution in [0.15, 0.2) is 83.8 Å². The molecule has 3 N–H and O–H groups in total. The zero-order chi connectivity index (χ0) is 24.7. The maximum Gasteiger partial charge on any atom is 0.255 e. The first-order valence-electron chi connectivity index (χ1n) is 10.7. The number of sulfonamides is 1. The fourth-order valence-electron chi connectivity index (χ4n) is 4.15. The van der Waals surface area contributed by atoms with Gasteiger partial charge in [0.15, 0.2) is 0 Å². The minimum absolute atomic E-state index is 0.198. The summed E-state index contributed by atoms with van der Waals surface area (Å²) in [7, 11) is -1.82. The average Bonchev–Trinajstić information content (AvgIpc) is 2.83. The first-order valence-corrected chi connectivity index (χ1v) is 12.6. The summed E-state index contributed by atoms with van der Waals surface area (Å²) in [6, 6.07) is 21.4. The van der Waals surface area contributed by atoms with Crippen LogP contribution >= 0.6 is 0 Å². The van der Waals surface area contributed by atoms with Crippen molar-refractivity contribution in [1.29, 1.82) is 0 Å². The second-order valence-electron chi connectivity index (χ2n) is 8.18. The number of methoxy groups -OCH3 is 1. The number of pyridine rings is 2. The molecule has 5 aromatic rings. The summed E-state index contributed by atoms with van der Waals surface area (Å²) in [6.45, 7) is 0. The molecule has 8 nitrogen and oxygen atoms in total. The van der Waals surface area contributed by atoms with E-state index in [1.54, 1.807) is 54.3 Å². The summed E-state index contributed by atoms with van der Waals surface area (Å²) in [5, 5.41) is 1.60. The predicted octanol–water partition coefficient (Wildman–Crippen LogP) is 4.17. The molecule has 3 aromatic carbocycles. The van der Waals surface area contributed by atoms with Crippen molar-refractivity contribution in [2.45, 2.75) is 0 Å². The molecule has 0 amide bonds. The van der Waals surface area contributed by atoms with Gasteiger partial charge in [-0.05, 0) is 59.7 Å². The second kappa shape index (κ2) is 8.44. The number of benzene rings is 3. The molecule has 0 aliphatic carbocycles. The van der Waals surface area contributed by atoms with Gasteiger partial charge in [0.05, 0.1) is 35.8 Å². The zero-order valence-electron chi connectivity index (χ0n) is 19.0. The van der Waals surface area contributed by atoms with Gasteiger partial charge in [-0.3, -0.25) is 19.1 Å². The van der Waals surface area contributed by atoms with Gasteiger partial charge in [0.25, 0.3) is 5.56 Å². The van der Waals surface area contributed by atoms with Crippen molar-refractivity contribution in [2.24, 2.45) is 0 Å². The van der Waals surface area contributed by atoms with Crippen LogP contribution in [-0.4, -0.2) is 31.3 Å². The molecule has 0 fully saturated rings. The van der Waals surface area contributed by atoms with Crippen LogP contribution < -0.4 is 20.8 Å². The fourth-order valence-corrected chi connectivity index (χ4v) is 4.72. The van der Waals surface area contributed by atoms with E-state index in [1.165, 1.54) is 6.07 Å². The maximum atomic E-state index is 13.1. The van der Waals surface area contributed by atoms with Crippen molar-refractivity contribution >= 4 is 43.2 Å². The van der Waals surface area contributed by atoms with Gasteiger partial charge in [-0.2, -0.15) is 0 Å². The molecule has 0 bridgehead atoms. The van der Waals surface area contributed by atoms with Gasteiger partial charge in [0, 0.05) is 28.7 Å². The van der Waals surface area contributed by atoms with E-state index in [9.17, 15) is 13.2 Å². The summed E-state index contributed by atoms with van der Waals surface area (Å²) in [5.41, 5.74) is 10.7. The lowest BCUT2D eigenvalue weighted by molar-refractivity contribution is 0.417. The number of nitrogens with zero attached hydrogens (tertiary/aromatic N) is 2. The number of fused-ring (bicyclic) bond motifs is 3. The van der Waals surface area contributed by atoms with Gasteiger partial charge >= 0.3 is 0 Å². The number of rotatable bonds is 5. The van der Waals surface area contributed by atoms with E-state index in [4.69, 9.17) is 10.5 Å². The molecule has 2 heterocycles. The molecule has 0 saturated carbocycles. The Morgan fingerprint density at radius 3 is 2.37 bits per heavy atom. The highest BCUT2D eigenvalue weighted by Gasteiger charge is 2.13. The SMILES string of the molecule is COc1ccc(-n2c(=O)ccc3cnc4ccc(-c5ccc(NS(C)(=O)=O)cc5)cc4c32)cc1N. The maximum absolute atomic E-state index is 13.1. The Kier molecular flexibility index (Phi) is 5.41. The number of aromatic nitrogens is 2. The number of anilines is 2. The molecule has 0 unspecified atom stereocenters. The van der Waals surface area contributed by atoms with E-state index in [-0.39, 0.29) is 5.56 Å². The van der Waals surface area contributed by atoms with Crippen LogP contribution in [0, 0.1) is 0 Å². The molecule has 0 spiro atoms. The first-order chi connectivity index (χ1) is 16.7. The minimum atomic E-state index is -3.36. The van der Waals surface area contributed by atoms with E-state index in [2.05, 4.69) is 9.71 Å². The zero-order valence-corrected chi connectivity index (χ0v) is 19.8. The normalized spacial score (nSPS) is 11.6. The van der Waals surface area contributed by atoms with Crippen molar-refractivity contribution in [2.75, 3.05) is 23.8 Å². The standard InChI is InChI=1S/C26H22N4O4S/c1-34-24-11-9-20(14-22(24)27)30-25(31)12-6-18-15-28-23-10-5-17(13-21(23)26(18)30)16-3-7-19(8-4-16)29-35(2,32)33/h3-15,29H,27H2,1-2H3. The van der Waals surface area contributed by atoms with Gasteiger partial charge < -0.3 is 10.5 Å². The number of nitrogens with one attached hydrogen (secondary N) is 1. The van der Waals surface area contributed by atoms with Crippen LogP contribution in [0.5, 0.6) is 5.75 Å². The van der Waals surface area contributed by atoms with E-state index < -0.39 is 10.0 Å². The Hall–Kier alpha value is -4.37. The first kappa shape index (κ1) is 22.4. The average molecular weight is 487 g/mol. The Labute approximate surface area is 201 Å². The highest BCUT2D eigenvalue weighted by molar-refractivity contribution is 7.92. The van der Waals surface area contributed by atoms with Crippen LogP contribution in [-0.2, 0) is 10.0 Å². The molecular formula is C26H22N4O4S. The summed E-state index contributed by atoms with van der Waals surface area (Å²) >= 11 is 0. The third-order valence-corrected chi connectivity index (χ3v) is 6.32. The lowest BCUT2D eigenvalue weighted by atomic mass is 10.0. The van der Waals surface area contributed by atoms with Crippen molar-refractivity contribution < 1.29 is 13.2 Å². The highest BCUT2D eigenvalue weighted by atomic mass is 32.2. The third kappa shape index (κ3) is 4.29. The van der Waals surface area contributed by atoms with Crippen LogP contribution in [0.1, 0.15) is 0 Å². The van der Waals surface area contributed by atoms with Gasteiger partial charge in [-0.25, -0.2) is 8.42 Å². The largest absolute Gasteiger partial charge is 0.495 e. The van der Waals surface area contributed by atoms with Gasteiger partial charge in [0.1, 0.15) is 5.75 Å². The smallest absolute Gasteiger partial charge is 0.255 e. The van der Waals surface area contributed by atoms with Crippen molar-refractivity contribution in [3.8, 4) is 22.6 Å². The molecule has 0 saturated heterocycles. The van der Waals surface area contributed by atoms with E-state index in [0.29, 0.717) is 28.3 Å². The van der Waals surface area contributed by atoms with E-state index in [0.717, 1.165) is 33.7 Å². The summed E-state index contributed by atoms with van der Waals surface area (Å²) in [6.07, 6.45) is 2.85. The Balaban J connectivity index is 1.72. The topological polar surface area (TPSA) is 116 Å². The minimum Gasteiger partial charge on any atom is -0.495 e. The summed E-state index contributed by atoms with van der Waals surface area (Å²) < 4.78 is 32.3. The Morgan fingerprint density at radius 2 is 1.69 bits per heavy atom. The summed E-state index contributed by atoms with van der Waals surface area (Å²) in [4.78, 5) is 17.6. The molecule has 35 heavy (non-hydrogen) atoms.